The summed E-state index contributed by atoms with van der Waals surface area (Å²) in [6.45, 7) is 12.8. The predicted molar refractivity (Wildman–Crippen MR) is 147 cm³/mol. The molecule has 1 unspecified atom stereocenters. The number of likely N-dealkylation sites (tertiary alicyclic amines) is 1. The molecule has 1 aliphatic heterocycles. The molecular formula is C33H41N. The number of nitrogens with zero attached hydrogens (tertiary/aromatic N) is 1. The van der Waals surface area contributed by atoms with Crippen molar-refractivity contribution < 1.29 is 0 Å². The molecule has 0 spiro atoms. The Bertz CT molecular complexity index is 1000. The molecule has 1 atom stereocenters. The summed E-state index contributed by atoms with van der Waals surface area (Å²) in [6, 6.07) is 31.2. The smallest absolute Gasteiger partial charge is 0.00190 e. The molecule has 0 radical (unpaired) electrons. The number of hydrogen-bond acceptors (Lipinski definition) is 1. The van der Waals surface area contributed by atoms with E-state index >= 15 is 0 Å². The minimum atomic E-state index is 0.226. The molecule has 1 heteroatoms. The molecule has 3 aromatic rings. The molecule has 0 amide bonds. The van der Waals surface area contributed by atoms with Gasteiger partial charge >= 0.3 is 0 Å². The van der Waals surface area contributed by atoms with Crippen LogP contribution in [0.5, 0.6) is 0 Å². The lowest BCUT2D eigenvalue weighted by molar-refractivity contribution is 0.250. The van der Waals surface area contributed by atoms with Crippen molar-refractivity contribution in [1.29, 1.82) is 0 Å². The number of rotatable bonds is 7. The normalized spacial score (nSPS) is 15.8. The fourth-order valence-corrected chi connectivity index (χ4v) is 5.18. The third kappa shape index (κ3) is 6.27. The molecule has 0 aromatic heterocycles. The van der Waals surface area contributed by atoms with E-state index in [0.29, 0.717) is 5.92 Å². The molecule has 0 bridgehead atoms. The second-order valence-electron chi connectivity index (χ2n) is 11.0. The van der Waals surface area contributed by atoms with Gasteiger partial charge in [0, 0.05) is 13.1 Å². The minimum absolute atomic E-state index is 0.226. The molecule has 1 nitrogen and oxygen atoms in total. The topological polar surface area (TPSA) is 3.24 Å². The number of hydrogen-bond donors (Lipinski definition) is 0. The average Bonchev–Trinajstić information content (AvgIpc) is 2.86. The monoisotopic (exact) mass is 451 g/mol. The Kier molecular flexibility index (Phi) is 8.06. The Morgan fingerprint density at radius 1 is 0.765 bits per heavy atom. The van der Waals surface area contributed by atoms with Crippen LogP contribution in [0.2, 0.25) is 0 Å². The lowest BCUT2D eigenvalue weighted by atomic mass is 9.85. The fourth-order valence-electron chi connectivity index (χ4n) is 5.18. The van der Waals surface area contributed by atoms with E-state index in [2.05, 4.69) is 118 Å². The zero-order valence-corrected chi connectivity index (χ0v) is 21.6. The molecule has 0 N–H and O–H groups in total. The molecule has 34 heavy (non-hydrogen) atoms. The van der Waals surface area contributed by atoms with Crippen molar-refractivity contribution in [1.82, 2.24) is 4.90 Å². The molecule has 3 aromatic carbocycles. The van der Waals surface area contributed by atoms with Gasteiger partial charge in [-0.1, -0.05) is 118 Å². The first-order valence-corrected chi connectivity index (χ1v) is 13.1. The third-order valence-corrected chi connectivity index (χ3v) is 7.40. The Morgan fingerprint density at radius 3 is 1.79 bits per heavy atom. The highest BCUT2D eigenvalue weighted by molar-refractivity contribution is 5.82. The number of benzene rings is 3. The maximum atomic E-state index is 2.67. The van der Waals surface area contributed by atoms with Crippen molar-refractivity contribution in [3.63, 3.8) is 0 Å². The SMILES string of the molecule is CC(CCCN1CCC(=C(c2ccccc2)c2ccccc2)CC1)c1ccc(C(C)(C)C)cc1. The third-order valence-electron chi connectivity index (χ3n) is 7.40. The van der Waals surface area contributed by atoms with Crippen molar-refractivity contribution in [2.24, 2.45) is 0 Å². The zero-order chi connectivity index (χ0) is 24.0. The summed E-state index contributed by atoms with van der Waals surface area (Å²) in [6.07, 6.45) is 4.87. The summed E-state index contributed by atoms with van der Waals surface area (Å²) < 4.78 is 0. The van der Waals surface area contributed by atoms with Gasteiger partial charge in [0.1, 0.15) is 0 Å². The van der Waals surface area contributed by atoms with E-state index < -0.39 is 0 Å². The first-order valence-electron chi connectivity index (χ1n) is 13.1. The van der Waals surface area contributed by atoms with E-state index in [4.69, 9.17) is 0 Å². The van der Waals surface area contributed by atoms with Crippen LogP contribution in [0.3, 0.4) is 0 Å². The highest BCUT2D eigenvalue weighted by Gasteiger charge is 2.19. The Morgan fingerprint density at radius 2 is 1.29 bits per heavy atom. The maximum absolute atomic E-state index is 2.67. The van der Waals surface area contributed by atoms with E-state index in [9.17, 15) is 0 Å². The van der Waals surface area contributed by atoms with Gasteiger partial charge in [0.25, 0.3) is 0 Å². The summed E-state index contributed by atoms with van der Waals surface area (Å²) in [5.41, 5.74) is 8.89. The van der Waals surface area contributed by atoms with Gasteiger partial charge in [0.05, 0.1) is 0 Å². The van der Waals surface area contributed by atoms with Crippen molar-refractivity contribution in [2.45, 2.75) is 64.7 Å². The summed E-state index contributed by atoms with van der Waals surface area (Å²) in [7, 11) is 0. The van der Waals surface area contributed by atoms with Crippen LogP contribution in [0.4, 0.5) is 0 Å². The second kappa shape index (κ2) is 11.2. The van der Waals surface area contributed by atoms with E-state index in [1.165, 1.54) is 73.1 Å². The Balaban J connectivity index is 1.33. The van der Waals surface area contributed by atoms with Gasteiger partial charge in [-0.15, -0.1) is 0 Å². The molecule has 1 heterocycles. The summed E-state index contributed by atoms with van der Waals surface area (Å²) in [5, 5.41) is 0. The van der Waals surface area contributed by atoms with Crippen LogP contribution in [0.1, 0.15) is 81.5 Å². The van der Waals surface area contributed by atoms with Crippen molar-refractivity contribution in [3.05, 3.63) is 113 Å². The molecule has 1 aliphatic rings. The molecule has 0 saturated carbocycles. The second-order valence-corrected chi connectivity index (χ2v) is 11.0. The highest BCUT2D eigenvalue weighted by Crippen LogP contribution is 2.32. The van der Waals surface area contributed by atoms with Crippen LogP contribution < -0.4 is 0 Å². The molecule has 178 valence electrons. The number of piperidine rings is 1. The van der Waals surface area contributed by atoms with Gasteiger partial charge in [-0.25, -0.2) is 0 Å². The van der Waals surface area contributed by atoms with Crippen LogP contribution in [0.25, 0.3) is 5.57 Å². The highest BCUT2D eigenvalue weighted by atomic mass is 15.1. The molecular weight excluding hydrogens is 410 g/mol. The van der Waals surface area contributed by atoms with E-state index in [1.807, 2.05) is 0 Å². The van der Waals surface area contributed by atoms with Gasteiger partial charge in [-0.2, -0.15) is 0 Å². The lowest BCUT2D eigenvalue weighted by Gasteiger charge is -2.30. The van der Waals surface area contributed by atoms with Gasteiger partial charge in [0.15, 0.2) is 0 Å². The first kappa shape index (κ1) is 24.5. The van der Waals surface area contributed by atoms with Crippen LogP contribution in [0, 0.1) is 0 Å². The minimum Gasteiger partial charge on any atom is -0.303 e. The Labute approximate surface area is 207 Å². The standard InChI is InChI=1S/C33H41N/c1-26(27-17-19-31(20-18-27)33(2,3)4)12-11-23-34-24-21-30(22-25-34)32(28-13-7-5-8-14-28)29-15-9-6-10-16-29/h5-10,13-20,26H,11-12,21-25H2,1-4H3. The van der Waals surface area contributed by atoms with Crippen molar-refractivity contribution in [2.75, 3.05) is 19.6 Å². The van der Waals surface area contributed by atoms with Crippen molar-refractivity contribution in [3.8, 4) is 0 Å². The summed E-state index contributed by atoms with van der Waals surface area (Å²) in [5.74, 6) is 0.622. The Hall–Kier alpha value is -2.64. The molecule has 0 aliphatic carbocycles. The predicted octanol–water partition coefficient (Wildman–Crippen LogP) is 8.47. The summed E-state index contributed by atoms with van der Waals surface area (Å²) >= 11 is 0. The fraction of sp³-hybridized carbons (Fsp3) is 0.394. The zero-order valence-electron chi connectivity index (χ0n) is 21.6. The van der Waals surface area contributed by atoms with Crippen LogP contribution >= 0.6 is 0 Å². The van der Waals surface area contributed by atoms with Crippen LogP contribution in [0.15, 0.2) is 90.5 Å². The lowest BCUT2D eigenvalue weighted by Crippen LogP contribution is -2.32. The summed E-state index contributed by atoms with van der Waals surface area (Å²) in [4.78, 5) is 2.67. The largest absolute Gasteiger partial charge is 0.303 e. The maximum Gasteiger partial charge on any atom is 0.00190 e. The van der Waals surface area contributed by atoms with Gasteiger partial charge < -0.3 is 4.90 Å². The van der Waals surface area contributed by atoms with Crippen LogP contribution in [-0.4, -0.2) is 24.5 Å². The first-order chi connectivity index (χ1) is 16.4. The van der Waals surface area contributed by atoms with E-state index in [1.54, 1.807) is 5.57 Å². The average molecular weight is 452 g/mol. The molecule has 1 fully saturated rings. The molecule has 1 saturated heterocycles. The van der Waals surface area contributed by atoms with Crippen molar-refractivity contribution >= 4 is 5.57 Å². The van der Waals surface area contributed by atoms with Gasteiger partial charge in [0.2, 0.25) is 0 Å². The van der Waals surface area contributed by atoms with Gasteiger partial charge in [-0.05, 0) is 71.4 Å². The van der Waals surface area contributed by atoms with E-state index in [0.717, 1.165) is 0 Å². The van der Waals surface area contributed by atoms with Gasteiger partial charge in [-0.3, -0.25) is 0 Å². The van der Waals surface area contributed by atoms with E-state index in [-0.39, 0.29) is 5.41 Å². The van der Waals surface area contributed by atoms with Crippen LogP contribution in [-0.2, 0) is 5.41 Å². The molecule has 4 rings (SSSR count). The quantitative estimate of drug-likeness (QED) is 0.348.